The van der Waals surface area contributed by atoms with E-state index in [-0.39, 0.29) is 11.5 Å². The highest BCUT2D eigenvalue weighted by molar-refractivity contribution is 6.04. The second-order valence-corrected chi connectivity index (χ2v) is 6.58. The van der Waals surface area contributed by atoms with Crippen LogP contribution in [0.5, 0.6) is 0 Å². The maximum absolute atomic E-state index is 12.3. The van der Waals surface area contributed by atoms with Crippen LogP contribution in [0.3, 0.4) is 0 Å². The minimum absolute atomic E-state index is 0.144. The fourth-order valence-corrected chi connectivity index (χ4v) is 3.30. The van der Waals surface area contributed by atoms with Crippen molar-refractivity contribution in [3.8, 4) is 0 Å². The number of benzene rings is 1. The zero-order valence-corrected chi connectivity index (χ0v) is 14.4. The summed E-state index contributed by atoms with van der Waals surface area (Å²) in [7, 11) is 1.62. The SMILES string of the molecule is Cn1cc(C(=O)Nc2ccc(C3CCc4nncn4C3)cc2)ccc1=O. The lowest BCUT2D eigenvalue weighted by Gasteiger charge is -2.23. The second-order valence-electron chi connectivity index (χ2n) is 6.58. The summed E-state index contributed by atoms with van der Waals surface area (Å²) in [5.74, 6) is 1.23. The summed E-state index contributed by atoms with van der Waals surface area (Å²) in [4.78, 5) is 23.7. The van der Waals surface area contributed by atoms with Gasteiger partial charge in [-0.15, -0.1) is 10.2 Å². The lowest BCUT2D eigenvalue weighted by molar-refractivity contribution is 0.102. The van der Waals surface area contributed by atoms with Crippen molar-refractivity contribution < 1.29 is 4.79 Å². The number of hydrogen-bond acceptors (Lipinski definition) is 4. The summed E-state index contributed by atoms with van der Waals surface area (Å²) < 4.78 is 3.49. The van der Waals surface area contributed by atoms with Crippen molar-refractivity contribution >= 4 is 11.6 Å². The van der Waals surface area contributed by atoms with E-state index in [0.717, 1.165) is 30.9 Å². The molecule has 1 N–H and O–H groups in total. The average Bonchev–Trinajstić information content (AvgIpc) is 3.12. The molecular weight excluding hydrogens is 330 g/mol. The third kappa shape index (κ3) is 3.15. The molecule has 7 nitrogen and oxygen atoms in total. The van der Waals surface area contributed by atoms with E-state index in [9.17, 15) is 9.59 Å². The molecule has 26 heavy (non-hydrogen) atoms. The van der Waals surface area contributed by atoms with Gasteiger partial charge in [-0.2, -0.15) is 0 Å². The van der Waals surface area contributed by atoms with Crippen molar-refractivity contribution in [2.24, 2.45) is 7.05 Å². The van der Waals surface area contributed by atoms with E-state index in [2.05, 4.69) is 32.2 Å². The zero-order valence-electron chi connectivity index (χ0n) is 14.4. The lowest BCUT2D eigenvalue weighted by atomic mass is 9.91. The molecule has 1 unspecified atom stereocenters. The molecule has 3 heterocycles. The highest BCUT2D eigenvalue weighted by Gasteiger charge is 2.20. The Morgan fingerprint density at radius 1 is 1.19 bits per heavy atom. The number of carbonyl (C=O) groups excluding carboxylic acids is 1. The number of rotatable bonds is 3. The molecule has 0 saturated heterocycles. The van der Waals surface area contributed by atoms with Crippen LogP contribution in [0.15, 0.2) is 53.7 Å². The van der Waals surface area contributed by atoms with Crippen molar-refractivity contribution in [2.45, 2.75) is 25.3 Å². The van der Waals surface area contributed by atoms with Crippen LogP contribution >= 0.6 is 0 Å². The summed E-state index contributed by atoms with van der Waals surface area (Å²) in [6, 6.07) is 10.9. The third-order valence-electron chi connectivity index (χ3n) is 4.82. The zero-order chi connectivity index (χ0) is 18.1. The first-order chi connectivity index (χ1) is 12.6. The molecule has 1 atom stereocenters. The molecule has 7 heteroatoms. The van der Waals surface area contributed by atoms with Gasteiger partial charge in [0.1, 0.15) is 12.2 Å². The molecular formula is C19H19N5O2. The predicted octanol–water partition coefficient (Wildman–Crippen LogP) is 1.96. The molecule has 0 saturated carbocycles. The molecule has 3 aromatic rings. The summed E-state index contributed by atoms with van der Waals surface area (Å²) in [6.07, 6.45) is 5.28. The van der Waals surface area contributed by atoms with Gasteiger partial charge < -0.3 is 14.5 Å². The van der Waals surface area contributed by atoms with Crippen LogP contribution in [0.2, 0.25) is 0 Å². The van der Waals surface area contributed by atoms with Crippen LogP contribution in [0.4, 0.5) is 5.69 Å². The number of carbonyl (C=O) groups is 1. The van der Waals surface area contributed by atoms with Gasteiger partial charge >= 0.3 is 0 Å². The number of aromatic nitrogens is 4. The van der Waals surface area contributed by atoms with Crippen molar-refractivity contribution in [3.63, 3.8) is 0 Å². The molecule has 1 aliphatic rings. The maximum atomic E-state index is 12.3. The molecule has 0 spiro atoms. The van der Waals surface area contributed by atoms with Crippen LogP contribution in [0.1, 0.15) is 34.1 Å². The summed E-state index contributed by atoms with van der Waals surface area (Å²) >= 11 is 0. The van der Waals surface area contributed by atoms with Crippen LogP contribution < -0.4 is 10.9 Å². The fourth-order valence-electron chi connectivity index (χ4n) is 3.30. The van der Waals surface area contributed by atoms with Crippen molar-refractivity contribution in [1.82, 2.24) is 19.3 Å². The van der Waals surface area contributed by atoms with E-state index in [1.165, 1.54) is 28.5 Å². The topological polar surface area (TPSA) is 81.8 Å². The quantitative estimate of drug-likeness (QED) is 0.784. The highest BCUT2D eigenvalue weighted by atomic mass is 16.2. The molecule has 1 aromatic carbocycles. The third-order valence-corrected chi connectivity index (χ3v) is 4.82. The van der Waals surface area contributed by atoms with Gasteiger partial charge in [0.25, 0.3) is 5.91 Å². The Bertz CT molecular complexity index is 1000. The van der Waals surface area contributed by atoms with Crippen molar-refractivity contribution in [3.05, 3.63) is 76.2 Å². The highest BCUT2D eigenvalue weighted by Crippen LogP contribution is 2.28. The van der Waals surface area contributed by atoms with E-state index in [1.807, 2.05) is 12.1 Å². The summed E-state index contributed by atoms with van der Waals surface area (Å²) in [6.45, 7) is 0.881. The molecule has 1 aliphatic heterocycles. The number of amides is 1. The minimum atomic E-state index is -0.236. The molecule has 1 amide bonds. The van der Waals surface area contributed by atoms with Gasteiger partial charge in [0, 0.05) is 43.9 Å². The lowest BCUT2D eigenvalue weighted by Crippen LogP contribution is -2.20. The van der Waals surface area contributed by atoms with Gasteiger partial charge in [0.15, 0.2) is 0 Å². The predicted molar refractivity (Wildman–Crippen MR) is 97.2 cm³/mol. The van der Waals surface area contributed by atoms with Crippen molar-refractivity contribution in [2.75, 3.05) is 5.32 Å². The molecule has 0 aliphatic carbocycles. The van der Waals surface area contributed by atoms with E-state index >= 15 is 0 Å². The van der Waals surface area contributed by atoms with Crippen LogP contribution in [0, 0.1) is 0 Å². The standard InChI is InChI=1S/C19H19N5O2/c1-23-10-15(5-9-18(23)25)19(26)21-16-6-2-13(3-7-16)14-4-8-17-22-20-12-24(17)11-14/h2-3,5-7,9-10,12,14H,4,8,11H2,1H3,(H,21,26). The van der Waals surface area contributed by atoms with Gasteiger partial charge in [0.2, 0.25) is 5.56 Å². The fraction of sp³-hybridized carbons (Fsp3) is 0.263. The van der Waals surface area contributed by atoms with Gasteiger partial charge in [-0.1, -0.05) is 12.1 Å². The minimum Gasteiger partial charge on any atom is -0.322 e. The molecule has 132 valence electrons. The second kappa shape index (κ2) is 6.59. The van der Waals surface area contributed by atoms with Crippen LogP contribution in [-0.4, -0.2) is 25.2 Å². The van der Waals surface area contributed by atoms with E-state index < -0.39 is 0 Å². The first kappa shape index (κ1) is 16.3. The van der Waals surface area contributed by atoms with Gasteiger partial charge in [0.05, 0.1) is 5.56 Å². The first-order valence-corrected chi connectivity index (χ1v) is 8.55. The Kier molecular flexibility index (Phi) is 4.12. The number of anilines is 1. The smallest absolute Gasteiger partial charge is 0.257 e. The number of hydrogen-bond donors (Lipinski definition) is 1. The monoisotopic (exact) mass is 349 g/mol. The molecule has 4 rings (SSSR count). The number of nitrogens with zero attached hydrogens (tertiary/aromatic N) is 4. The Morgan fingerprint density at radius 3 is 2.77 bits per heavy atom. The summed E-state index contributed by atoms with van der Waals surface area (Å²) in [5.41, 5.74) is 2.27. The first-order valence-electron chi connectivity index (χ1n) is 8.55. The van der Waals surface area contributed by atoms with E-state index in [0.29, 0.717) is 11.5 Å². The Balaban J connectivity index is 1.45. The van der Waals surface area contributed by atoms with E-state index in [1.54, 1.807) is 13.4 Å². The molecule has 0 bridgehead atoms. The molecule has 0 radical (unpaired) electrons. The largest absolute Gasteiger partial charge is 0.322 e. The molecule has 0 fully saturated rings. The molecule has 2 aromatic heterocycles. The number of aryl methyl sites for hydroxylation is 2. The van der Waals surface area contributed by atoms with E-state index in [4.69, 9.17) is 0 Å². The van der Waals surface area contributed by atoms with Gasteiger partial charge in [-0.25, -0.2) is 0 Å². The van der Waals surface area contributed by atoms with Crippen LogP contribution in [-0.2, 0) is 20.0 Å². The number of fused-ring (bicyclic) bond motifs is 1. The number of pyridine rings is 1. The Morgan fingerprint density at radius 2 is 2.00 bits per heavy atom. The Labute approximate surface area is 150 Å². The Hall–Kier alpha value is -3.22. The summed E-state index contributed by atoms with van der Waals surface area (Å²) in [5, 5.41) is 10.9. The van der Waals surface area contributed by atoms with Gasteiger partial charge in [-0.05, 0) is 30.2 Å². The number of nitrogens with one attached hydrogen (secondary N) is 1. The normalized spacial score (nSPS) is 16.1. The maximum Gasteiger partial charge on any atom is 0.257 e. The van der Waals surface area contributed by atoms with Crippen molar-refractivity contribution in [1.29, 1.82) is 0 Å². The van der Waals surface area contributed by atoms with Crippen LogP contribution in [0.25, 0.3) is 0 Å². The van der Waals surface area contributed by atoms with Gasteiger partial charge in [-0.3, -0.25) is 9.59 Å². The average molecular weight is 349 g/mol.